The Morgan fingerprint density at radius 1 is 1.26 bits per heavy atom. The maximum Gasteiger partial charge on any atom is 0.487 e. The first-order chi connectivity index (χ1) is 12.7. The minimum Gasteiger partial charge on any atom is -0.420 e. The van der Waals surface area contributed by atoms with Gasteiger partial charge < -0.3 is 19.5 Å². The highest BCUT2D eigenvalue weighted by atomic mass is 35.5. The number of alkyl halides is 3. The van der Waals surface area contributed by atoms with E-state index in [4.69, 9.17) is 11.6 Å². The van der Waals surface area contributed by atoms with Gasteiger partial charge in [0.25, 0.3) is 11.5 Å². The SMILES string of the molecule is CN1CC[C@@H](n2cc(C(=O)Nc3ccc(OC(F)(F)Cl)cc3)ccc2=O)C1. The summed E-state index contributed by atoms with van der Waals surface area (Å²) in [4.78, 5) is 26.7. The molecule has 3 rings (SSSR count). The molecule has 1 aliphatic heterocycles. The molecule has 0 spiro atoms. The number of rotatable bonds is 5. The van der Waals surface area contributed by atoms with Gasteiger partial charge in [-0.25, -0.2) is 0 Å². The van der Waals surface area contributed by atoms with E-state index in [2.05, 4.69) is 15.0 Å². The van der Waals surface area contributed by atoms with Gasteiger partial charge in [0, 0.05) is 36.1 Å². The van der Waals surface area contributed by atoms with Crippen molar-refractivity contribution in [3.63, 3.8) is 0 Å². The van der Waals surface area contributed by atoms with E-state index in [0.29, 0.717) is 11.3 Å². The van der Waals surface area contributed by atoms with Gasteiger partial charge in [-0.1, -0.05) is 0 Å². The van der Waals surface area contributed by atoms with Gasteiger partial charge in [0.2, 0.25) is 0 Å². The molecule has 0 radical (unpaired) electrons. The molecule has 0 unspecified atom stereocenters. The number of nitrogens with one attached hydrogen (secondary N) is 1. The van der Waals surface area contributed by atoms with Crippen molar-refractivity contribution in [3.05, 3.63) is 58.5 Å². The van der Waals surface area contributed by atoms with Crippen LogP contribution in [0.4, 0.5) is 14.5 Å². The van der Waals surface area contributed by atoms with Crippen LogP contribution in [0.1, 0.15) is 22.8 Å². The van der Waals surface area contributed by atoms with Gasteiger partial charge in [-0.2, -0.15) is 0 Å². The molecule has 0 aliphatic carbocycles. The topological polar surface area (TPSA) is 63.6 Å². The number of carbonyl (C=O) groups is 1. The first-order valence-corrected chi connectivity index (χ1v) is 8.67. The molecule has 1 atom stereocenters. The van der Waals surface area contributed by atoms with Crippen LogP contribution in [0.15, 0.2) is 47.4 Å². The fraction of sp³-hybridized carbons (Fsp3) is 0.333. The van der Waals surface area contributed by atoms with Gasteiger partial charge in [-0.3, -0.25) is 9.59 Å². The van der Waals surface area contributed by atoms with Crippen molar-refractivity contribution < 1.29 is 18.3 Å². The number of pyridine rings is 1. The molecule has 2 aromatic rings. The number of ether oxygens (including phenoxy) is 1. The Morgan fingerprint density at radius 3 is 2.56 bits per heavy atom. The molecule has 2 heterocycles. The number of aromatic nitrogens is 1. The van der Waals surface area contributed by atoms with E-state index in [-0.39, 0.29) is 17.4 Å². The van der Waals surface area contributed by atoms with Gasteiger partial charge in [0.1, 0.15) is 5.75 Å². The molecule has 9 heteroatoms. The van der Waals surface area contributed by atoms with E-state index in [9.17, 15) is 18.4 Å². The van der Waals surface area contributed by atoms with Crippen LogP contribution in [0.25, 0.3) is 0 Å². The number of likely N-dealkylation sites (tertiary alicyclic amines) is 1. The number of likely N-dealkylation sites (N-methyl/N-ethyl adjacent to an activating group) is 1. The average Bonchev–Trinajstić information content (AvgIpc) is 3.02. The van der Waals surface area contributed by atoms with Gasteiger partial charge in [0.15, 0.2) is 0 Å². The van der Waals surface area contributed by atoms with Crippen molar-refractivity contribution in [2.45, 2.75) is 18.0 Å². The molecule has 1 N–H and O–H groups in total. The van der Waals surface area contributed by atoms with Crippen molar-refractivity contribution in [2.24, 2.45) is 0 Å². The molecular formula is C18H18ClF2N3O3. The molecule has 144 valence electrons. The summed E-state index contributed by atoms with van der Waals surface area (Å²) in [6, 6.07) is 8.22. The van der Waals surface area contributed by atoms with Gasteiger partial charge in [0.05, 0.1) is 11.6 Å². The molecule has 0 saturated carbocycles. The number of carbonyl (C=O) groups excluding carboxylic acids is 1. The minimum absolute atomic E-state index is 0.0314. The van der Waals surface area contributed by atoms with Crippen molar-refractivity contribution in [2.75, 3.05) is 25.5 Å². The number of amides is 1. The van der Waals surface area contributed by atoms with Crippen LogP contribution >= 0.6 is 11.6 Å². The lowest BCUT2D eigenvalue weighted by atomic mass is 10.2. The van der Waals surface area contributed by atoms with Crippen molar-refractivity contribution >= 4 is 23.2 Å². The third-order valence-corrected chi connectivity index (χ3v) is 4.38. The number of halogens is 3. The lowest BCUT2D eigenvalue weighted by Crippen LogP contribution is -2.27. The van der Waals surface area contributed by atoms with Crippen molar-refractivity contribution in [3.8, 4) is 5.75 Å². The van der Waals surface area contributed by atoms with Gasteiger partial charge >= 0.3 is 5.57 Å². The highest BCUT2D eigenvalue weighted by molar-refractivity contribution is 6.20. The summed E-state index contributed by atoms with van der Waals surface area (Å²) in [7, 11) is 1.98. The molecule has 1 aromatic carbocycles. The maximum absolute atomic E-state index is 12.6. The molecule has 1 fully saturated rings. The highest BCUT2D eigenvalue weighted by Gasteiger charge is 2.27. The van der Waals surface area contributed by atoms with Crippen LogP contribution < -0.4 is 15.6 Å². The van der Waals surface area contributed by atoms with E-state index < -0.39 is 11.5 Å². The fourth-order valence-corrected chi connectivity index (χ4v) is 3.09. The quantitative estimate of drug-likeness (QED) is 0.787. The summed E-state index contributed by atoms with van der Waals surface area (Å²) >= 11 is 4.71. The Labute approximate surface area is 159 Å². The van der Waals surface area contributed by atoms with Crippen LogP contribution in [-0.4, -0.2) is 41.1 Å². The zero-order valence-corrected chi connectivity index (χ0v) is 15.2. The summed E-state index contributed by atoms with van der Waals surface area (Å²) in [6.45, 7) is 1.64. The molecule has 1 saturated heterocycles. The lowest BCUT2D eigenvalue weighted by molar-refractivity contribution is -0.0964. The standard InChI is InChI=1S/C18H18ClF2N3O3/c1-23-9-8-14(11-23)24-10-12(2-7-16(24)25)17(26)22-13-3-5-15(6-4-13)27-18(19,20)21/h2-7,10,14H,8-9,11H2,1H3,(H,22,26)/t14-/m1/s1. The number of anilines is 1. The molecular weight excluding hydrogens is 380 g/mol. The second-order valence-corrected chi connectivity index (χ2v) is 6.83. The largest absolute Gasteiger partial charge is 0.487 e. The Bertz CT molecular complexity index is 881. The predicted molar refractivity (Wildman–Crippen MR) is 97.7 cm³/mol. The first kappa shape index (κ1) is 19.3. The molecule has 6 nitrogen and oxygen atoms in total. The fourth-order valence-electron chi connectivity index (χ4n) is 3.01. The number of benzene rings is 1. The van der Waals surface area contributed by atoms with Crippen molar-refractivity contribution in [1.82, 2.24) is 9.47 Å². The highest BCUT2D eigenvalue weighted by Crippen LogP contribution is 2.26. The van der Waals surface area contributed by atoms with Crippen LogP contribution in [0.5, 0.6) is 5.75 Å². The molecule has 1 aliphatic rings. The van der Waals surface area contributed by atoms with Crippen LogP contribution in [0.3, 0.4) is 0 Å². The lowest BCUT2D eigenvalue weighted by Gasteiger charge is -2.15. The van der Waals surface area contributed by atoms with Crippen LogP contribution in [-0.2, 0) is 0 Å². The van der Waals surface area contributed by atoms with Crippen LogP contribution in [0, 0.1) is 0 Å². The van der Waals surface area contributed by atoms with E-state index in [1.54, 1.807) is 10.8 Å². The third-order valence-electron chi connectivity index (χ3n) is 4.31. The summed E-state index contributed by atoms with van der Waals surface area (Å²) in [5.41, 5.74) is -3.23. The Morgan fingerprint density at radius 2 is 1.96 bits per heavy atom. The van der Waals surface area contributed by atoms with E-state index in [0.717, 1.165) is 19.5 Å². The monoisotopic (exact) mass is 397 g/mol. The van der Waals surface area contributed by atoms with Crippen LogP contribution in [0.2, 0.25) is 0 Å². The zero-order chi connectivity index (χ0) is 19.6. The van der Waals surface area contributed by atoms with E-state index in [1.165, 1.54) is 36.4 Å². The van der Waals surface area contributed by atoms with E-state index in [1.807, 2.05) is 7.05 Å². The number of hydrogen-bond donors (Lipinski definition) is 1. The summed E-state index contributed by atoms with van der Waals surface area (Å²) in [5, 5.41) is 2.65. The van der Waals surface area contributed by atoms with Crippen molar-refractivity contribution in [1.29, 1.82) is 0 Å². The number of nitrogens with zero attached hydrogens (tertiary/aromatic N) is 2. The summed E-state index contributed by atoms with van der Waals surface area (Å²) in [5.74, 6) is -0.543. The third kappa shape index (κ3) is 5.05. The summed E-state index contributed by atoms with van der Waals surface area (Å²) < 4.78 is 31.0. The van der Waals surface area contributed by atoms with Gasteiger partial charge in [-0.15, -0.1) is 8.78 Å². The molecule has 27 heavy (non-hydrogen) atoms. The second-order valence-electron chi connectivity index (χ2n) is 6.39. The number of hydrogen-bond acceptors (Lipinski definition) is 4. The molecule has 0 bridgehead atoms. The Balaban J connectivity index is 1.72. The second kappa shape index (κ2) is 7.66. The van der Waals surface area contributed by atoms with E-state index >= 15 is 0 Å². The minimum atomic E-state index is -3.80. The predicted octanol–water partition coefficient (Wildman–Crippen LogP) is 3.15. The first-order valence-electron chi connectivity index (χ1n) is 8.29. The average molecular weight is 398 g/mol. The molecule has 1 aromatic heterocycles. The Hall–Kier alpha value is -2.45. The zero-order valence-electron chi connectivity index (χ0n) is 14.5. The maximum atomic E-state index is 12.6. The normalized spacial score (nSPS) is 17.7. The van der Waals surface area contributed by atoms with Gasteiger partial charge in [-0.05, 0) is 50.3 Å². The summed E-state index contributed by atoms with van der Waals surface area (Å²) in [6.07, 6.45) is 2.39. The Kier molecular flexibility index (Phi) is 5.48. The molecule has 1 amide bonds. The smallest absolute Gasteiger partial charge is 0.420 e.